The smallest absolute Gasteiger partial charge is 0.360 e. The predicted molar refractivity (Wildman–Crippen MR) is 45.1 cm³/mol. The first-order valence-corrected chi connectivity index (χ1v) is 3.89. The van der Waals surface area contributed by atoms with Crippen molar-refractivity contribution >= 4 is 5.97 Å². The Kier molecular flexibility index (Phi) is 2.97. The Bertz CT molecular complexity index is 296. The lowest BCUT2D eigenvalue weighted by molar-refractivity contribution is 0.0594. The lowest BCUT2D eigenvalue weighted by Gasteiger charge is -2.05. The summed E-state index contributed by atoms with van der Waals surface area (Å²) in [6.07, 6.45) is 1.52. The maximum absolute atomic E-state index is 11.0. The summed E-state index contributed by atoms with van der Waals surface area (Å²) in [5, 5.41) is 7.38. The second-order valence-corrected chi connectivity index (χ2v) is 2.66. The number of ether oxygens (including phenoxy) is 1. The van der Waals surface area contributed by atoms with Crippen LogP contribution in [-0.2, 0) is 4.74 Å². The number of hydrogen-bond acceptors (Lipinski definition) is 5. The molecular formula is C7H12N4O2. The van der Waals surface area contributed by atoms with E-state index in [1.165, 1.54) is 18.0 Å². The van der Waals surface area contributed by atoms with Gasteiger partial charge in [0.15, 0.2) is 5.69 Å². The van der Waals surface area contributed by atoms with Crippen molar-refractivity contribution in [1.29, 1.82) is 0 Å². The maximum atomic E-state index is 11.0. The van der Waals surface area contributed by atoms with E-state index in [4.69, 9.17) is 5.73 Å². The van der Waals surface area contributed by atoms with E-state index >= 15 is 0 Å². The number of aromatic nitrogens is 3. The molecule has 2 N–H and O–H groups in total. The van der Waals surface area contributed by atoms with Crippen LogP contribution in [-0.4, -0.2) is 34.6 Å². The molecule has 0 radical (unpaired) electrons. The number of methoxy groups -OCH3 is 1. The average Bonchev–Trinajstić information content (AvgIpc) is 2.64. The number of esters is 1. The second-order valence-electron chi connectivity index (χ2n) is 2.66. The third-order valence-corrected chi connectivity index (χ3v) is 1.70. The Labute approximate surface area is 75.7 Å². The van der Waals surface area contributed by atoms with E-state index in [0.29, 0.717) is 6.54 Å². The highest BCUT2D eigenvalue weighted by Gasteiger charge is 2.12. The van der Waals surface area contributed by atoms with Crippen LogP contribution in [0.3, 0.4) is 0 Å². The summed E-state index contributed by atoms with van der Waals surface area (Å²) in [5.41, 5.74) is 5.61. The molecule has 1 rings (SSSR count). The van der Waals surface area contributed by atoms with Gasteiger partial charge in [-0.05, 0) is 6.92 Å². The lowest BCUT2D eigenvalue weighted by Crippen LogP contribution is -2.16. The van der Waals surface area contributed by atoms with E-state index in [0.717, 1.165) is 0 Å². The molecule has 1 heterocycles. The molecule has 0 aliphatic heterocycles. The Morgan fingerprint density at radius 1 is 1.85 bits per heavy atom. The number of carbonyl (C=O) groups is 1. The van der Waals surface area contributed by atoms with Crippen LogP contribution in [0.4, 0.5) is 0 Å². The normalized spacial score (nSPS) is 12.5. The molecule has 0 amide bonds. The van der Waals surface area contributed by atoms with E-state index < -0.39 is 5.97 Å². The van der Waals surface area contributed by atoms with Crippen molar-refractivity contribution in [1.82, 2.24) is 15.0 Å². The molecule has 1 atom stereocenters. The van der Waals surface area contributed by atoms with Crippen molar-refractivity contribution in [3.8, 4) is 0 Å². The summed E-state index contributed by atoms with van der Waals surface area (Å²) in [6.45, 7) is 2.33. The molecule has 72 valence electrons. The van der Waals surface area contributed by atoms with Crippen LogP contribution in [0.2, 0.25) is 0 Å². The minimum Gasteiger partial charge on any atom is -0.464 e. The minimum absolute atomic E-state index is 0.0332. The number of rotatable bonds is 3. The molecule has 0 bridgehead atoms. The first-order valence-electron chi connectivity index (χ1n) is 3.89. The first kappa shape index (κ1) is 9.66. The number of hydrogen-bond donors (Lipinski definition) is 1. The lowest BCUT2D eigenvalue weighted by atomic mass is 10.3. The van der Waals surface area contributed by atoms with Gasteiger partial charge in [0.1, 0.15) is 0 Å². The van der Waals surface area contributed by atoms with Gasteiger partial charge in [-0.3, -0.25) is 0 Å². The summed E-state index contributed by atoms with van der Waals surface area (Å²) < 4.78 is 6.01. The van der Waals surface area contributed by atoms with E-state index in [-0.39, 0.29) is 11.7 Å². The van der Waals surface area contributed by atoms with Gasteiger partial charge in [-0.1, -0.05) is 5.21 Å². The SMILES string of the molecule is COC(=O)c1cn([C@@H](C)CN)nn1. The van der Waals surface area contributed by atoms with E-state index in [1.54, 1.807) is 0 Å². The van der Waals surface area contributed by atoms with Gasteiger partial charge in [0.25, 0.3) is 0 Å². The highest BCUT2D eigenvalue weighted by Crippen LogP contribution is 2.02. The summed E-state index contributed by atoms with van der Waals surface area (Å²) >= 11 is 0. The summed E-state index contributed by atoms with van der Waals surface area (Å²) in [7, 11) is 1.30. The number of nitrogens with zero attached hydrogens (tertiary/aromatic N) is 3. The third-order valence-electron chi connectivity index (χ3n) is 1.70. The fourth-order valence-corrected chi connectivity index (χ4v) is 0.798. The molecule has 0 fully saturated rings. The molecule has 13 heavy (non-hydrogen) atoms. The van der Waals surface area contributed by atoms with Crippen LogP contribution < -0.4 is 5.73 Å². The van der Waals surface area contributed by atoms with Gasteiger partial charge in [0, 0.05) is 6.54 Å². The van der Waals surface area contributed by atoms with Gasteiger partial charge in [0.05, 0.1) is 19.3 Å². The molecule has 0 spiro atoms. The monoisotopic (exact) mass is 184 g/mol. The Morgan fingerprint density at radius 2 is 2.54 bits per heavy atom. The van der Waals surface area contributed by atoms with Gasteiger partial charge < -0.3 is 10.5 Å². The fraction of sp³-hybridized carbons (Fsp3) is 0.571. The third kappa shape index (κ3) is 2.03. The average molecular weight is 184 g/mol. The molecule has 0 aromatic carbocycles. The summed E-state index contributed by atoms with van der Waals surface area (Å²) in [6, 6.07) is 0.0332. The largest absolute Gasteiger partial charge is 0.464 e. The Hall–Kier alpha value is -1.43. The highest BCUT2D eigenvalue weighted by atomic mass is 16.5. The van der Waals surface area contributed by atoms with Crippen LogP contribution in [0.25, 0.3) is 0 Å². The Balaban J connectivity index is 2.80. The van der Waals surface area contributed by atoms with Crippen LogP contribution in [0.5, 0.6) is 0 Å². The van der Waals surface area contributed by atoms with Crippen LogP contribution in [0, 0.1) is 0 Å². The van der Waals surface area contributed by atoms with Crippen molar-refractivity contribution in [2.75, 3.05) is 13.7 Å². The molecule has 6 heteroatoms. The highest BCUT2D eigenvalue weighted by molar-refractivity contribution is 5.86. The zero-order valence-corrected chi connectivity index (χ0v) is 7.60. The van der Waals surface area contributed by atoms with Crippen molar-refractivity contribution in [2.45, 2.75) is 13.0 Å². The Morgan fingerprint density at radius 3 is 3.08 bits per heavy atom. The molecule has 1 aromatic rings. The van der Waals surface area contributed by atoms with Gasteiger partial charge in [-0.25, -0.2) is 9.48 Å². The van der Waals surface area contributed by atoms with Gasteiger partial charge in [-0.2, -0.15) is 0 Å². The van der Waals surface area contributed by atoms with Crippen LogP contribution >= 0.6 is 0 Å². The van der Waals surface area contributed by atoms with E-state index in [1.807, 2.05) is 6.92 Å². The summed E-state index contributed by atoms with van der Waals surface area (Å²) in [4.78, 5) is 11.0. The standard InChI is InChI=1S/C7H12N4O2/c1-5(3-8)11-4-6(9-10-11)7(12)13-2/h4-5H,3,8H2,1-2H3/t5-/m0/s1. The quantitative estimate of drug-likeness (QED) is 0.645. The van der Waals surface area contributed by atoms with E-state index in [9.17, 15) is 4.79 Å². The van der Waals surface area contributed by atoms with Crippen LogP contribution in [0.15, 0.2) is 6.20 Å². The maximum Gasteiger partial charge on any atom is 0.360 e. The van der Waals surface area contributed by atoms with Crippen molar-refractivity contribution < 1.29 is 9.53 Å². The fourth-order valence-electron chi connectivity index (χ4n) is 0.798. The number of nitrogens with two attached hydrogens (primary N) is 1. The molecule has 0 aliphatic rings. The zero-order chi connectivity index (χ0) is 9.84. The molecule has 0 saturated carbocycles. The molecule has 0 unspecified atom stereocenters. The molecule has 0 saturated heterocycles. The number of carbonyl (C=O) groups excluding carboxylic acids is 1. The van der Waals surface area contributed by atoms with Crippen LogP contribution in [0.1, 0.15) is 23.5 Å². The van der Waals surface area contributed by atoms with E-state index in [2.05, 4.69) is 15.0 Å². The molecular weight excluding hydrogens is 172 g/mol. The molecule has 6 nitrogen and oxygen atoms in total. The summed E-state index contributed by atoms with van der Waals surface area (Å²) in [5.74, 6) is -0.490. The minimum atomic E-state index is -0.490. The van der Waals surface area contributed by atoms with Crippen molar-refractivity contribution in [3.05, 3.63) is 11.9 Å². The van der Waals surface area contributed by atoms with Gasteiger partial charge >= 0.3 is 5.97 Å². The second kappa shape index (κ2) is 3.99. The topological polar surface area (TPSA) is 83.0 Å². The van der Waals surface area contributed by atoms with Crippen molar-refractivity contribution in [2.24, 2.45) is 5.73 Å². The first-order chi connectivity index (χ1) is 6.19. The predicted octanol–water partition coefficient (Wildman–Crippen LogP) is -0.416. The van der Waals surface area contributed by atoms with Gasteiger partial charge in [0.2, 0.25) is 0 Å². The zero-order valence-electron chi connectivity index (χ0n) is 7.60. The van der Waals surface area contributed by atoms with Gasteiger partial charge in [-0.15, -0.1) is 5.10 Å². The molecule has 1 aromatic heterocycles. The molecule has 0 aliphatic carbocycles. The van der Waals surface area contributed by atoms with Crippen molar-refractivity contribution in [3.63, 3.8) is 0 Å².